The van der Waals surface area contributed by atoms with E-state index in [-0.39, 0.29) is 0 Å². The van der Waals surface area contributed by atoms with E-state index >= 15 is 0 Å². The number of aryl methyl sites for hydroxylation is 2. The third-order valence-electron chi connectivity index (χ3n) is 4.04. The van der Waals surface area contributed by atoms with E-state index in [9.17, 15) is 0 Å². The van der Waals surface area contributed by atoms with Crippen LogP contribution in [-0.2, 0) is 13.0 Å². The van der Waals surface area contributed by atoms with Crippen molar-refractivity contribution in [2.24, 2.45) is 0 Å². The molecule has 2 heterocycles. The number of benzene rings is 1. The Morgan fingerprint density at radius 3 is 2.76 bits per heavy atom. The van der Waals surface area contributed by atoms with Crippen molar-refractivity contribution in [1.82, 2.24) is 4.98 Å². The van der Waals surface area contributed by atoms with Gasteiger partial charge in [0.15, 0.2) is 0 Å². The van der Waals surface area contributed by atoms with Crippen LogP contribution in [0.1, 0.15) is 35.2 Å². The molecule has 0 amide bonds. The van der Waals surface area contributed by atoms with Crippen molar-refractivity contribution in [1.29, 1.82) is 0 Å². The molecule has 4 heteroatoms. The van der Waals surface area contributed by atoms with Crippen molar-refractivity contribution in [3.05, 3.63) is 39.8 Å². The molecule has 0 saturated carbocycles. The van der Waals surface area contributed by atoms with Gasteiger partial charge in [-0.25, -0.2) is 4.98 Å². The normalized spacial score (nSPS) is 14.7. The first-order valence-electron chi connectivity index (χ1n) is 7.79. The van der Waals surface area contributed by atoms with E-state index in [1.54, 1.807) is 11.3 Å². The van der Waals surface area contributed by atoms with Crippen LogP contribution in [0.15, 0.2) is 24.4 Å². The molecule has 1 fully saturated rings. The lowest BCUT2D eigenvalue weighted by molar-refractivity contribution is 0.949. The fraction of sp³-hybridized carbons (Fsp3) is 0.471. The Morgan fingerprint density at radius 1 is 1.29 bits per heavy atom. The second-order valence-electron chi connectivity index (χ2n) is 5.62. The van der Waals surface area contributed by atoms with Crippen molar-refractivity contribution < 1.29 is 0 Å². The average Bonchev–Trinajstić information content (AvgIpc) is 3.17. The maximum absolute atomic E-state index is 4.41. The predicted molar refractivity (Wildman–Crippen MR) is 91.4 cm³/mol. The maximum atomic E-state index is 4.41. The molecule has 112 valence electrons. The number of thiazole rings is 1. The lowest BCUT2D eigenvalue weighted by atomic mass is 10.1. The van der Waals surface area contributed by atoms with Crippen LogP contribution in [0.5, 0.6) is 0 Å². The monoisotopic (exact) mass is 301 g/mol. The fourth-order valence-corrected chi connectivity index (χ4v) is 3.60. The largest absolute Gasteiger partial charge is 0.380 e. The van der Waals surface area contributed by atoms with Gasteiger partial charge in [0.2, 0.25) is 0 Å². The van der Waals surface area contributed by atoms with E-state index in [4.69, 9.17) is 0 Å². The standard InChI is InChI=1S/C17H23N3S/c1-3-17-19-12-15(21-17)11-18-16-7-6-14(10-13(16)2)20-8-4-5-9-20/h6-7,10,12,18H,3-5,8-9,11H2,1-2H3. The van der Waals surface area contributed by atoms with Crippen LogP contribution in [0.4, 0.5) is 11.4 Å². The Hall–Kier alpha value is -1.55. The first-order chi connectivity index (χ1) is 10.3. The number of anilines is 2. The molecule has 1 aliphatic rings. The quantitative estimate of drug-likeness (QED) is 0.896. The van der Waals surface area contributed by atoms with E-state index in [1.807, 2.05) is 6.20 Å². The molecule has 3 nitrogen and oxygen atoms in total. The van der Waals surface area contributed by atoms with Crippen molar-refractivity contribution in [2.45, 2.75) is 39.7 Å². The molecule has 1 aromatic carbocycles. The van der Waals surface area contributed by atoms with Gasteiger partial charge in [0.05, 0.1) is 11.6 Å². The molecular weight excluding hydrogens is 278 g/mol. The minimum Gasteiger partial charge on any atom is -0.380 e. The van der Waals surface area contributed by atoms with Gasteiger partial charge >= 0.3 is 0 Å². The van der Waals surface area contributed by atoms with Crippen LogP contribution >= 0.6 is 11.3 Å². The highest BCUT2D eigenvalue weighted by Gasteiger charge is 2.13. The van der Waals surface area contributed by atoms with Gasteiger partial charge in [-0.1, -0.05) is 6.92 Å². The molecule has 0 bridgehead atoms. The molecule has 2 aromatic rings. The molecule has 0 unspecified atom stereocenters. The smallest absolute Gasteiger partial charge is 0.0925 e. The highest BCUT2D eigenvalue weighted by molar-refractivity contribution is 7.11. The summed E-state index contributed by atoms with van der Waals surface area (Å²) >= 11 is 1.80. The van der Waals surface area contributed by atoms with Crippen LogP contribution < -0.4 is 10.2 Å². The molecule has 0 spiro atoms. The van der Waals surface area contributed by atoms with Gasteiger partial charge < -0.3 is 10.2 Å². The van der Waals surface area contributed by atoms with Crippen molar-refractivity contribution in [2.75, 3.05) is 23.3 Å². The fourth-order valence-electron chi connectivity index (χ4n) is 2.79. The van der Waals surface area contributed by atoms with E-state index in [0.717, 1.165) is 13.0 Å². The first kappa shape index (κ1) is 14.4. The van der Waals surface area contributed by atoms with Crippen LogP contribution in [0.2, 0.25) is 0 Å². The molecule has 3 rings (SSSR count). The van der Waals surface area contributed by atoms with Gasteiger partial charge in [0.25, 0.3) is 0 Å². The minimum atomic E-state index is 0.863. The SMILES string of the molecule is CCc1ncc(CNc2ccc(N3CCCC3)cc2C)s1. The second-order valence-corrected chi connectivity index (χ2v) is 6.82. The Bertz CT molecular complexity index is 600. The molecule has 0 atom stereocenters. The molecule has 1 N–H and O–H groups in total. The molecule has 0 radical (unpaired) electrons. The lowest BCUT2D eigenvalue weighted by Gasteiger charge is -2.19. The molecule has 21 heavy (non-hydrogen) atoms. The molecular formula is C17H23N3S. The number of hydrogen-bond donors (Lipinski definition) is 1. The van der Waals surface area contributed by atoms with Gasteiger partial charge in [0, 0.05) is 35.5 Å². The predicted octanol–water partition coefficient (Wildman–Crippen LogP) is 4.23. The Labute approximate surface area is 131 Å². The summed E-state index contributed by atoms with van der Waals surface area (Å²) in [6.45, 7) is 7.60. The number of aromatic nitrogens is 1. The Balaban J connectivity index is 1.65. The van der Waals surface area contributed by atoms with Gasteiger partial charge in [-0.2, -0.15) is 0 Å². The van der Waals surface area contributed by atoms with Gasteiger partial charge in [-0.3, -0.25) is 0 Å². The van der Waals surface area contributed by atoms with E-state index < -0.39 is 0 Å². The summed E-state index contributed by atoms with van der Waals surface area (Å²) in [7, 11) is 0. The Kier molecular flexibility index (Phi) is 4.44. The molecule has 1 aromatic heterocycles. The van der Waals surface area contributed by atoms with E-state index in [1.165, 1.54) is 52.8 Å². The number of hydrogen-bond acceptors (Lipinski definition) is 4. The highest BCUT2D eigenvalue weighted by Crippen LogP contribution is 2.26. The molecule has 1 saturated heterocycles. The average molecular weight is 301 g/mol. The summed E-state index contributed by atoms with van der Waals surface area (Å²) in [6, 6.07) is 6.76. The maximum Gasteiger partial charge on any atom is 0.0925 e. The zero-order chi connectivity index (χ0) is 14.7. The van der Waals surface area contributed by atoms with Crippen molar-refractivity contribution in [3.63, 3.8) is 0 Å². The number of nitrogens with zero attached hydrogens (tertiary/aromatic N) is 2. The summed E-state index contributed by atoms with van der Waals surface area (Å²) in [5.74, 6) is 0. The summed E-state index contributed by atoms with van der Waals surface area (Å²) in [5.41, 5.74) is 3.91. The van der Waals surface area contributed by atoms with Crippen molar-refractivity contribution >= 4 is 22.7 Å². The van der Waals surface area contributed by atoms with Gasteiger partial charge in [-0.15, -0.1) is 11.3 Å². The van der Waals surface area contributed by atoms with Crippen LogP contribution in [-0.4, -0.2) is 18.1 Å². The third-order valence-corrected chi connectivity index (χ3v) is 5.18. The summed E-state index contributed by atoms with van der Waals surface area (Å²) in [4.78, 5) is 8.19. The summed E-state index contributed by atoms with van der Waals surface area (Å²) in [5, 5.41) is 4.75. The van der Waals surface area contributed by atoms with Crippen LogP contribution in [0.25, 0.3) is 0 Å². The summed E-state index contributed by atoms with van der Waals surface area (Å²) in [6.07, 6.45) is 5.66. The Morgan fingerprint density at radius 2 is 2.10 bits per heavy atom. The molecule has 0 aliphatic carbocycles. The van der Waals surface area contributed by atoms with E-state index in [0.29, 0.717) is 0 Å². The third kappa shape index (κ3) is 3.38. The number of nitrogens with one attached hydrogen (secondary N) is 1. The second kappa shape index (κ2) is 6.48. The minimum absolute atomic E-state index is 0.863. The molecule has 1 aliphatic heterocycles. The lowest BCUT2D eigenvalue weighted by Crippen LogP contribution is -2.17. The zero-order valence-electron chi connectivity index (χ0n) is 12.9. The van der Waals surface area contributed by atoms with Crippen LogP contribution in [0, 0.1) is 6.92 Å². The van der Waals surface area contributed by atoms with Gasteiger partial charge in [-0.05, 0) is 49.9 Å². The number of rotatable bonds is 5. The topological polar surface area (TPSA) is 28.2 Å². The highest BCUT2D eigenvalue weighted by atomic mass is 32.1. The van der Waals surface area contributed by atoms with Crippen molar-refractivity contribution in [3.8, 4) is 0 Å². The van der Waals surface area contributed by atoms with Gasteiger partial charge in [0.1, 0.15) is 0 Å². The first-order valence-corrected chi connectivity index (χ1v) is 8.61. The van der Waals surface area contributed by atoms with E-state index in [2.05, 4.69) is 47.2 Å². The van der Waals surface area contributed by atoms with Crippen LogP contribution in [0.3, 0.4) is 0 Å². The zero-order valence-corrected chi connectivity index (χ0v) is 13.7. The summed E-state index contributed by atoms with van der Waals surface area (Å²) < 4.78 is 0.